The minimum Gasteiger partial charge on any atom is -0.393 e. The molecule has 4 heteroatoms. The largest absolute Gasteiger partial charge is 0.393 e. The molecule has 1 aromatic rings. The molecule has 0 unspecified atom stereocenters. The summed E-state index contributed by atoms with van der Waals surface area (Å²) in [5.41, 5.74) is 6.02. The lowest BCUT2D eigenvalue weighted by Crippen LogP contribution is -2.47. The van der Waals surface area contributed by atoms with Crippen LogP contribution in [0.25, 0.3) is 0 Å². The van der Waals surface area contributed by atoms with E-state index in [1.165, 1.54) is 0 Å². The van der Waals surface area contributed by atoms with Crippen LogP contribution in [0.4, 0.5) is 0 Å². The zero-order valence-corrected chi connectivity index (χ0v) is 13.5. The van der Waals surface area contributed by atoms with Crippen molar-refractivity contribution in [3.05, 3.63) is 35.9 Å². The van der Waals surface area contributed by atoms with Crippen LogP contribution in [0.3, 0.4) is 0 Å². The van der Waals surface area contributed by atoms with Crippen molar-refractivity contribution >= 4 is 23.1 Å². The van der Waals surface area contributed by atoms with Crippen molar-refractivity contribution in [2.75, 3.05) is 6.54 Å². The average Bonchev–Trinajstić information content (AvgIpc) is 2.39. The van der Waals surface area contributed by atoms with E-state index in [1.807, 2.05) is 62.9 Å². The number of hydrogen-bond acceptors (Lipinski definition) is 2. The molecule has 0 aliphatic heterocycles. The Morgan fingerprint density at radius 2 is 1.85 bits per heavy atom. The number of thiocarbonyl (C=S) groups is 1. The van der Waals surface area contributed by atoms with Crippen LogP contribution >= 0.6 is 12.2 Å². The SMILES string of the molecule is CC(C)N(CCC(N)=S)C(=O)C(C)(C)c1ccccc1. The highest BCUT2D eigenvalue weighted by atomic mass is 32.1. The third-order valence-corrected chi connectivity index (χ3v) is 3.72. The van der Waals surface area contributed by atoms with Gasteiger partial charge < -0.3 is 10.6 Å². The van der Waals surface area contributed by atoms with Gasteiger partial charge in [-0.15, -0.1) is 0 Å². The predicted molar refractivity (Wildman–Crippen MR) is 87.7 cm³/mol. The lowest BCUT2D eigenvalue weighted by Gasteiger charge is -2.35. The Morgan fingerprint density at radius 3 is 2.30 bits per heavy atom. The van der Waals surface area contributed by atoms with Crippen molar-refractivity contribution in [2.45, 2.75) is 45.6 Å². The van der Waals surface area contributed by atoms with Crippen molar-refractivity contribution in [3.8, 4) is 0 Å². The topological polar surface area (TPSA) is 46.3 Å². The first-order valence-corrected chi connectivity index (χ1v) is 7.32. The Labute approximate surface area is 127 Å². The Kier molecular flexibility index (Phi) is 5.69. The summed E-state index contributed by atoms with van der Waals surface area (Å²) in [6.45, 7) is 8.51. The number of nitrogens with two attached hydrogens (primary N) is 1. The second kappa shape index (κ2) is 6.84. The van der Waals surface area contributed by atoms with E-state index >= 15 is 0 Å². The number of amides is 1. The van der Waals surface area contributed by atoms with E-state index in [1.54, 1.807) is 0 Å². The van der Waals surface area contributed by atoms with Gasteiger partial charge in [-0.1, -0.05) is 42.5 Å². The van der Waals surface area contributed by atoms with Crippen molar-refractivity contribution in [2.24, 2.45) is 5.73 Å². The maximum atomic E-state index is 12.9. The van der Waals surface area contributed by atoms with Gasteiger partial charge in [-0.05, 0) is 33.3 Å². The maximum Gasteiger partial charge on any atom is 0.232 e. The average molecular weight is 292 g/mol. The Morgan fingerprint density at radius 1 is 1.30 bits per heavy atom. The molecule has 0 aromatic heterocycles. The first-order valence-electron chi connectivity index (χ1n) is 6.91. The highest BCUT2D eigenvalue weighted by Gasteiger charge is 2.34. The third-order valence-electron chi connectivity index (χ3n) is 3.51. The molecule has 1 aromatic carbocycles. The molecule has 0 spiro atoms. The first-order chi connectivity index (χ1) is 9.26. The number of rotatable bonds is 6. The number of carbonyl (C=O) groups is 1. The third kappa shape index (κ3) is 4.04. The van der Waals surface area contributed by atoms with Crippen LogP contribution in [0.1, 0.15) is 39.7 Å². The quantitative estimate of drug-likeness (QED) is 0.820. The van der Waals surface area contributed by atoms with Crippen molar-refractivity contribution < 1.29 is 4.79 Å². The normalized spacial score (nSPS) is 11.4. The summed E-state index contributed by atoms with van der Waals surface area (Å²) in [4.78, 5) is 15.2. The maximum absolute atomic E-state index is 12.9. The van der Waals surface area contributed by atoms with Crippen LogP contribution in [0.15, 0.2) is 30.3 Å². The predicted octanol–water partition coefficient (Wildman–Crippen LogP) is 2.88. The molecule has 0 heterocycles. The van der Waals surface area contributed by atoms with Crippen molar-refractivity contribution in [3.63, 3.8) is 0 Å². The van der Waals surface area contributed by atoms with E-state index in [2.05, 4.69) is 0 Å². The fraction of sp³-hybridized carbons (Fsp3) is 0.500. The molecular formula is C16H24N2OS. The number of benzene rings is 1. The highest BCUT2D eigenvalue weighted by molar-refractivity contribution is 7.80. The monoisotopic (exact) mass is 292 g/mol. The van der Waals surface area contributed by atoms with Gasteiger partial charge in [-0.25, -0.2) is 0 Å². The fourth-order valence-corrected chi connectivity index (χ4v) is 2.25. The van der Waals surface area contributed by atoms with Crippen LogP contribution in [-0.2, 0) is 10.2 Å². The molecule has 1 rings (SSSR count). The minimum absolute atomic E-state index is 0.106. The van der Waals surface area contributed by atoms with Crippen molar-refractivity contribution in [1.82, 2.24) is 4.90 Å². The van der Waals surface area contributed by atoms with Crippen LogP contribution in [-0.4, -0.2) is 28.4 Å². The van der Waals surface area contributed by atoms with Crippen LogP contribution in [0, 0.1) is 0 Å². The van der Waals surface area contributed by atoms with Crippen LogP contribution < -0.4 is 5.73 Å². The van der Waals surface area contributed by atoms with Gasteiger partial charge in [0.25, 0.3) is 0 Å². The van der Waals surface area contributed by atoms with Gasteiger partial charge in [-0.2, -0.15) is 0 Å². The van der Waals surface area contributed by atoms with E-state index in [-0.39, 0.29) is 11.9 Å². The smallest absolute Gasteiger partial charge is 0.232 e. The molecule has 2 N–H and O–H groups in total. The van der Waals surface area contributed by atoms with Gasteiger partial charge in [0.15, 0.2) is 0 Å². The van der Waals surface area contributed by atoms with E-state index < -0.39 is 5.41 Å². The molecule has 0 saturated heterocycles. The van der Waals surface area contributed by atoms with Gasteiger partial charge in [0.05, 0.1) is 10.4 Å². The fourth-order valence-electron chi connectivity index (χ4n) is 2.16. The summed E-state index contributed by atoms with van der Waals surface area (Å²) in [6, 6.07) is 9.98. The molecule has 0 atom stereocenters. The Hall–Kier alpha value is -1.42. The van der Waals surface area contributed by atoms with Gasteiger partial charge in [-0.3, -0.25) is 4.79 Å². The first kappa shape index (κ1) is 16.6. The number of nitrogens with zero attached hydrogens (tertiary/aromatic N) is 1. The molecule has 0 bridgehead atoms. The second-order valence-electron chi connectivity index (χ2n) is 5.80. The van der Waals surface area contributed by atoms with Gasteiger partial charge in [0.1, 0.15) is 0 Å². The number of carbonyl (C=O) groups excluding carboxylic acids is 1. The Balaban J connectivity index is 2.96. The van der Waals surface area contributed by atoms with Crippen LogP contribution in [0.5, 0.6) is 0 Å². The second-order valence-corrected chi connectivity index (χ2v) is 6.32. The molecule has 0 aliphatic rings. The summed E-state index contributed by atoms with van der Waals surface area (Å²) in [7, 11) is 0. The summed E-state index contributed by atoms with van der Waals surface area (Å²) in [6.07, 6.45) is 0.560. The molecule has 0 aliphatic carbocycles. The zero-order valence-electron chi connectivity index (χ0n) is 12.7. The number of hydrogen-bond donors (Lipinski definition) is 1. The van der Waals surface area contributed by atoms with Crippen LogP contribution in [0.2, 0.25) is 0 Å². The zero-order chi connectivity index (χ0) is 15.3. The highest BCUT2D eigenvalue weighted by Crippen LogP contribution is 2.26. The van der Waals surface area contributed by atoms with E-state index in [9.17, 15) is 4.79 Å². The van der Waals surface area contributed by atoms with Gasteiger partial charge >= 0.3 is 0 Å². The van der Waals surface area contributed by atoms with E-state index in [4.69, 9.17) is 18.0 Å². The summed E-state index contributed by atoms with van der Waals surface area (Å²) < 4.78 is 0. The minimum atomic E-state index is -0.554. The van der Waals surface area contributed by atoms with Gasteiger partial charge in [0.2, 0.25) is 5.91 Å². The lowest BCUT2D eigenvalue weighted by atomic mass is 9.83. The molecular weight excluding hydrogens is 268 g/mol. The standard InChI is InChI=1S/C16H24N2OS/c1-12(2)18(11-10-14(17)20)15(19)16(3,4)13-8-6-5-7-9-13/h5-9,12H,10-11H2,1-4H3,(H2,17,20). The van der Waals surface area contributed by atoms with Gasteiger partial charge in [0, 0.05) is 19.0 Å². The van der Waals surface area contributed by atoms with Crippen molar-refractivity contribution in [1.29, 1.82) is 0 Å². The summed E-state index contributed by atoms with van der Waals surface area (Å²) >= 11 is 4.91. The molecule has 20 heavy (non-hydrogen) atoms. The lowest BCUT2D eigenvalue weighted by molar-refractivity contribution is -0.137. The summed E-state index contributed by atoms with van der Waals surface area (Å²) in [5.74, 6) is 0.106. The molecule has 1 amide bonds. The molecule has 3 nitrogen and oxygen atoms in total. The van der Waals surface area contributed by atoms with E-state index in [0.717, 1.165) is 5.56 Å². The van der Waals surface area contributed by atoms with E-state index in [0.29, 0.717) is 18.0 Å². The Bertz CT molecular complexity index is 469. The molecule has 0 saturated carbocycles. The molecule has 0 radical (unpaired) electrons. The molecule has 110 valence electrons. The summed E-state index contributed by atoms with van der Waals surface area (Å²) in [5, 5.41) is 0. The molecule has 0 fully saturated rings.